The average molecular weight is 487 g/mol. The standard InChI is InChI=1S/C26H22ClF3N2O2/c1-15-14-17(7-12-22(15)27)24(26(28,29)30)32-23(33)13-8-16-6-11-21(25(34)31-18-9-10-18)20-5-3-2-4-19(16)20/h2-8,11-14,18,24H,9-10H2,1H3,(H,31,34)(H,32,33)/b13-8+. The zero-order valence-corrected chi connectivity index (χ0v) is 19.0. The Bertz CT molecular complexity index is 1280. The molecule has 34 heavy (non-hydrogen) atoms. The quantitative estimate of drug-likeness (QED) is 0.412. The summed E-state index contributed by atoms with van der Waals surface area (Å²) < 4.78 is 41.0. The summed E-state index contributed by atoms with van der Waals surface area (Å²) in [6.45, 7) is 1.60. The molecule has 1 aliphatic carbocycles. The van der Waals surface area contributed by atoms with Crippen LogP contribution in [0, 0.1) is 6.92 Å². The van der Waals surface area contributed by atoms with Crippen LogP contribution in [0.25, 0.3) is 16.8 Å². The molecule has 0 spiro atoms. The number of nitrogens with one attached hydrogen (secondary N) is 2. The highest BCUT2D eigenvalue weighted by atomic mass is 35.5. The lowest BCUT2D eigenvalue weighted by Crippen LogP contribution is -2.37. The van der Waals surface area contributed by atoms with Crippen molar-refractivity contribution in [2.75, 3.05) is 0 Å². The van der Waals surface area contributed by atoms with Crippen LogP contribution in [-0.2, 0) is 4.79 Å². The normalized spacial score (nSPS) is 14.9. The molecule has 2 N–H and O–H groups in total. The maximum atomic E-state index is 13.7. The van der Waals surface area contributed by atoms with Crippen molar-refractivity contribution in [1.29, 1.82) is 0 Å². The van der Waals surface area contributed by atoms with E-state index in [4.69, 9.17) is 11.6 Å². The number of rotatable bonds is 6. The van der Waals surface area contributed by atoms with Gasteiger partial charge < -0.3 is 10.6 Å². The van der Waals surface area contributed by atoms with Gasteiger partial charge in [-0.2, -0.15) is 13.2 Å². The second-order valence-corrected chi connectivity index (χ2v) is 8.73. The molecule has 1 aliphatic rings. The van der Waals surface area contributed by atoms with E-state index >= 15 is 0 Å². The van der Waals surface area contributed by atoms with Crippen LogP contribution < -0.4 is 10.6 Å². The number of benzene rings is 3. The largest absolute Gasteiger partial charge is 0.412 e. The van der Waals surface area contributed by atoms with E-state index in [2.05, 4.69) is 5.32 Å². The maximum absolute atomic E-state index is 13.7. The molecule has 0 aromatic heterocycles. The van der Waals surface area contributed by atoms with Crippen molar-refractivity contribution in [3.63, 3.8) is 0 Å². The van der Waals surface area contributed by atoms with Gasteiger partial charge in [0, 0.05) is 22.7 Å². The second-order valence-electron chi connectivity index (χ2n) is 8.32. The average Bonchev–Trinajstić information content (AvgIpc) is 3.61. The Morgan fingerprint density at radius 1 is 1.06 bits per heavy atom. The van der Waals surface area contributed by atoms with E-state index in [1.807, 2.05) is 5.32 Å². The van der Waals surface area contributed by atoms with Gasteiger partial charge in [-0.3, -0.25) is 9.59 Å². The van der Waals surface area contributed by atoms with Gasteiger partial charge in [0.05, 0.1) is 0 Å². The topological polar surface area (TPSA) is 58.2 Å². The number of hydrogen-bond donors (Lipinski definition) is 2. The van der Waals surface area contributed by atoms with Gasteiger partial charge in [-0.1, -0.05) is 54.1 Å². The predicted octanol–water partition coefficient (Wildman–Crippen LogP) is 6.13. The number of fused-ring (bicyclic) bond motifs is 1. The van der Waals surface area contributed by atoms with Crippen molar-refractivity contribution >= 4 is 40.3 Å². The lowest BCUT2D eigenvalue weighted by Gasteiger charge is -2.22. The summed E-state index contributed by atoms with van der Waals surface area (Å²) in [7, 11) is 0. The number of aryl methyl sites for hydroxylation is 1. The molecule has 3 aromatic rings. The fourth-order valence-corrected chi connectivity index (χ4v) is 3.83. The van der Waals surface area contributed by atoms with Crippen molar-refractivity contribution in [1.82, 2.24) is 10.6 Å². The molecule has 8 heteroatoms. The van der Waals surface area contributed by atoms with Gasteiger partial charge in [0.25, 0.3) is 5.91 Å². The van der Waals surface area contributed by atoms with Crippen molar-refractivity contribution < 1.29 is 22.8 Å². The Morgan fingerprint density at radius 2 is 1.76 bits per heavy atom. The highest BCUT2D eigenvalue weighted by Crippen LogP contribution is 2.34. The third-order valence-corrected chi connectivity index (χ3v) is 6.08. The van der Waals surface area contributed by atoms with Crippen LogP contribution in [0.1, 0.15) is 45.9 Å². The number of amides is 2. The Morgan fingerprint density at radius 3 is 2.41 bits per heavy atom. The number of carbonyl (C=O) groups is 2. The molecule has 176 valence electrons. The Kier molecular flexibility index (Phi) is 6.66. The van der Waals surface area contributed by atoms with Gasteiger partial charge in [0.1, 0.15) is 0 Å². The summed E-state index contributed by atoms with van der Waals surface area (Å²) in [6, 6.07) is 12.5. The lowest BCUT2D eigenvalue weighted by atomic mass is 9.98. The van der Waals surface area contributed by atoms with E-state index < -0.39 is 18.1 Å². The van der Waals surface area contributed by atoms with E-state index in [1.54, 1.807) is 43.3 Å². The second kappa shape index (κ2) is 9.50. The van der Waals surface area contributed by atoms with Gasteiger partial charge in [-0.15, -0.1) is 0 Å². The summed E-state index contributed by atoms with van der Waals surface area (Å²) in [6.07, 6.45) is -0.247. The smallest absolute Gasteiger partial charge is 0.349 e. The summed E-state index contributed by atoms with van der Waals surface area (Å²) in [4.78, 5) is 25.0. The molecule has 2 amide bonds. The predicted molar refractivity (Wildman–Crippen MR) is 127 cm³/mol. The minimum absolute atomic E-state index is 0.104. The molecule has 0 saturated heterocycles. The monoisotopic (exact) mass is 486 g/mol. The minimum Gasteiger partial charge on any atom is -0.349 e. The summed E-state index contributed by atoms with van der Waals surface area (Å²) in [5.41, 5.74) is 1.50. The van der Waals surface area contributed by atoms with Crippen LogP contribution in [0.4, 0.5) is 13.2 Å². The van der Waals surface area contributed by atoms with Gasteiger partial charge >= 0.3 is 6.18 Å². The van der Waals surface area contributed by atoms with E-state index in [-0.39, 0.29) is 17.5 Å². The number of carbonyl (C=O) groups excluding carboxylic acids is 2. The number of halogens is 4. The summed E-state index contributed by atoms with van der Waals surface area (Å²) >= 11 is 5.92. The third-order valence-electron chi connectivity index (χ3n) is 5.66. The molecule has 1 fully saturated rings. The Hall–Kier alpha value is -3.32. The van der Waals surface area contributed by atoms with Crippen molar-refractivity contribution in [3.8, 4) is 0 Å². The molecule has 3 aromatic carbocycles. The van der Waals surface area contributed by atoms with E-state index in [1.165, 1.54) is 24.3 Å². The highest BCUT2D eigenvalue weighted by molar-refractivity contribution is 6.31. The molecule has 0 radical (unpaired) electrons. The molecule has 0 bridgehead atoms. The van der Waals surface area contributed by atoms with Crippen LogP contribution in [0.3, 0.4) is 0 Å². The first-order chi connectivity index (χ1) is 16.1. The van der Waals surface area contributed by atoms with Crippen molar-refractivity contribution in [3.05, 3.63) is 87.9 Å². The zero-order chi connectivity index (χ0) is 24.5. The molecular formula is C26H22ClF3N2O2. The van der Waals surface area contributed by atoms with Crippen molar-refractivity contribution in [2.24, 2.45) is 0 Å². The minimum atomic E-state index is -4.69. The number of alkyl halides is 3. The molecular weight excluding hydrogens is 465 g/mol. The van der Waals surface area contributed by atoms with Gasteiger partial charge in [0.2, 0.25) is 5.91 Å². The van der Waals surface area contributed by atoms with Crippen LogP contribution >= 0.6 is 11.6 Å². The molecule has 1 atom stereocenters. The van der Waals surface area contributed by atoms with Gasteiger partial charge in [-0.05, 0) is 65.4 Å². The van der Waals surface area contributed by atoms with E-state index in [0.717, 1.165) is 24.3 Å². The van der Waals surface area contributed by atoms with Crippen LogP contribution in [0.15, 0.2) is 60.7 Å². The first-order valence-electron chi connectivity index (χ1n) is 10.8. The zero-order valence-electron chi connectivity index (χ0n) is 18.2. The third kappa shape index (κ3) is 5.42. The fourth-order valence-electron chi connectivity index (χ4n) is 3.71. The van der Waals surface area contributed by atoms with E-state index in [9.17, 15) is 22.8 Å². The summed E-state index contributed by atoms with van der Waals surface area (Å²) in [5.74, 6) is -1.06. The molecule has 1 unspecified atom stereocenters. The first kappa shape index (κ1) is 23.8. The fraction of sp³-hybridized carbons (Fsp3) is 0.231. The molecule has 0 aliphatic heterocycles. The molecule has 0 heterocycles. The van der Waals surface area contributed by atoms with Crippen molar-refractivity contribution in [2.45, 2.75) is 38.0 Å². The molecule has 4 rings (SSSR count). The Labute approximate surface area is 199 Å². The Balaban J connectivity index is 1.57. The lowest BCUT2D eigenvalue weighted by molar-refractivity contribution is -0.162. The van der Waals surface area contributed by atoms with Gasteiger partial charge in [-0.25, -0.2) is 0 Å². The van der Waals surface area contributed by atoms with Crippen LogP contribution in [0.2, 0.25) is 5.02 Å². The van der Waals surface area contributed by atoms with Gasteiger partial charge in [0.15, 0.2) is 6.04 Å². The maximum Gasteiger partial charge on any atom is 0.412 e. The SMILES string of the molecule is Cc1cc(C(NC(=O)/C=C/c2ccc(C(=O)NC3CC3)c3ccccc23)C(F)(F)F)ccc1Cl. The number of hydrogen-bond acceptors (Lipinski definition) is 2. The first-order valence-corrected chi connectivity index (χ1v) is 11.2. The summed E-state index contributed by atoms with van der Waals surface area (Å²) in [5, 5.41) is 6.76. The van der Waals surface area contributed by atoms with Crippen LogP contribution in [-0.4, -0.2) is 24.0 Å². The highest BCUT2D eigenvalue weighted by Gasteiger charge is 2.41. The van der Waals surface area contributed by atoms with Crippen LogP contribution in [0.5, 0.6) is 0 Å². The molecule has 1 saturated carbocycles. The molecule has 4 nitrogen and oxygen atoms in total. The van der Waals surface area contributed by atoms with E-state index in [0.29, 0.717) is 27.1 Å².